The van der Waals surface area contributed by atoms with Gasteiger partial charge in [0, 0.05) is 0 Å². The molecule has 0 aliphatic carbocycles. The molecule has 0 radical (unpaired) electrons. The Balaban J connectivity index is 1.25. The van der Waals surface area contributed by atoms with Crippen molar-refractivity contribution in [2.75, 3.05) is 0 Å². The van der Waals surface area contributed by atoms with Gasteiger partial charge in [-0.3, -0.25) is 0 Å². The van der Waals surface area contributed by atoms with Gasteiger partial charge in [0.1, 0.15) is 0 Å². The third kappa shape index (κ3) is 4.40. The van der Waals surface area contributed by atoms with Crippen molar-refractivity contribution in [2.45, 2.75) is 0 Å². The number of fused-ring (bicyclic) bond motifs is 18. The molecule has 0 atom stereocenters. The predicted molar refractivity (Wildman–Crippen MR) is 243 cm³/mol. The Morgan fingerprint density at radius 1 is 0.322 bits per heavy atom. The maximum absolute atomic E-state index is 8.28. The monoisotopic (exact) mass is 902 g/mol. The van der Waals surface area contributed by atoms with E-state index in [1.807, 2.05) is 54.1 Å². The van der Waals surface area contributed by atoms with Crippen molar-refractivity contribution in [1.29, 1.82) is 0 Å². The van der Waals surface area contributed by atoms with E-state index in [2.05, 4.69) is 97.1 Å². The Morgan fingerprint density at radius 3 is 0.949 bits per heavy atom. The first-order chi connectivity index (χ1) is 28.9. The van der Waals surface area contributed by atoms with E-state index < -0.39 is 16.7 Å². The third-order valence-corrected chi connectivity index (χ3v) is 22.2. The number of aromatic nitrogens is 2. The van der Waals surface area contributed by atoms with Gasteiger partial charge in [0.25, 0.3) is 0 Å². The summed E-state index contributed by atoms with van der Waals surface area (Å²) in [5.41, 5.74) is 4.72. The van der Waals surface area contributed by atoms with E-state index in [1.165, 1.54) is 0 Å². The van der Waals surface area contributed by atoms with Gasteiger partial charge in [0.05, 0.1) is 0 Å². The summed E-state index contributed by atoms with van der Waals surface area (Å²) in [5.74, 6) is 3.34. The average molecular weight is 902 g/mol. The molecule has 0 fully saturated rings. The van der Waals surface area contributed by atoms with Crippen molar-refractivity contribution < 1.29 is 0 Å². The van der Waals surface area contributed by atoms with E-state index in [1.54, 1.807) is 0 Å². The van der Waals surface area contributed by atoms with Crippen LogP contribution in [0.25, 0.3) is 64.6 Å². The number of halogens is 2. The van der Waals surface area contributed by atoms with Crippen LogP contribution in [-0.4, -0.2) is 45.6 Å². The van der Waals surface area contributed by atoms with Gasteiger partial charge in [-0.15, -0.1) is 0 Å². The number of hydrogen-bond donors (Lipinski definition) is 0. The fourth-order valence-corrected chi connectivity index (χ4v) is 19.1. The van der Waals surface area contributed by atoms with Gasteiger partial charge in [-0.2, -0.15) is 0 Å². The number of benzene rings is 8. The van der Waals surface area contributed by atoms with Crippen molar-refractivity contribution in [3.63, 3.8) is 0 Å². The number of nitrogens with zero attached hydrogens (tertiary/aromatic N) is 8. The topological polar surface area (TPSA) is 84.0 Å². The van der Waals surface area contributed by atoms with E-state index in [4.69, 9.17) is 47.8 Å². The SMILES string of the molecule is [Cl][Sn]1([Cl])[n]2c3c4cc5ccccc5cc4c2N=C2N=C(N=c4c5cc6ccccc6cc5c([n]41)=NC1=NC(=N3)c3cc4ccccc4cc31)c1cc3ccccc3cc12. The van der Waals surface area contributed by atoms with Crippen LogP contribution in [0.15, 0.2) is 176 Å². The molecule has 0 amide bonds. The van der Waals surface area contributed by atoms with Crippen LogP contribution >= 0.6 is 17.8 Å². The van der Waals surface area contributed by atoms with Crippen molar-refractivity contribution in [2.24, 2.45) is 30.0 Å². The van der Waals surface area contributed by atoms with Crippen molar-refractivity contribution in [3.8, 4) is 0 Å². The van der Waals surface area contributed by atoms with Gasteiger partial charge in [-0.05, 0) is 0 Å². The van der Waals surface area contributed by atoms with Crippen molar-refractivity contribution in [1.82, 2.24) is 5.58 Å². The van der Waals surface area contributed by atoms with Crippen LogP contribution in [0.4, 0.5) is 11.6 Å². The summed E-state index contributed by atoms with van der Waals surface area (Å²) in [5, 5.41) is 12.0. The molecular formula is C48H24Cl2N8Sn. The summed E-state index contributed by atoms with van der Waals surface area (Å²) in [4.78, 5) is 32.5. The van der Waals surface area contributed by atoms with Gasteiger partial charge < -0.3 is 0 Å². The van der Waals surface area contributed by atoms with Gasteiger partial charge in [-0.1, -0.05) is 0 Å². The molecule has 4 aliphatic heterocycles. The number of aliphatic imine (C=N–C) groups is 4. The van der Waals surface area contributed by atoms with E-state index in [0.717, 1.165) is 86.9 Å². The van der Waals surface area contributed by atoms with Gasteiger partial charge >= 0.3 is 348 Å². The Morgan fingerprint density at radius 2 is 0.610 bits per heavy atom. The number of amidine groups is 4. The van der Waals surface area contributed by atoms with E-state index >= 15 is 0 Å². The fourth-order valence-electron chi connectivity index (χ4n) is 9.36. The minimum atomic E-state index is -5.21. The predicted octanol–water partition coefficient (Wildman–Crippen LogP) is 10.5. The minimum absolute atomic E-state index is 0.540. The molecule has 2 aromatic heterocycles. The number of hydrogen-bond acceptors (Lipinski definition) is 6. The zero-order chi connectivity index (χ0) is 38.7. The fraction of sp³-hybridized carbons (Fsp3) is 0. The zero-order valence-corrected chi connectivity index (χ0v) is 35.1. The molecule has 0 N–H and O–H groups in total. The summed E-state index contributed by atoms with van der Waals surface area (Å²) < 4.78 is 4.05. The third-order valence-electron chi connectivity index (χ3n) is 12.1. The molecule has 274 valence electrons. The molecule has 59 heavy (non-hydrogen) atoms. The van der Waals surface area contributed by atoms with E-state index in [-0.39, 0.29) is 0 Å². The molecule has 14 rings (SSSR count). The second-order valence-corrected chi connectivity index (χ2v) is 29.2. The standard InChI is InChI=1S/C48H24N8.2ClH.Sn/c1-2-10-26-18-34-33(17-25(26)9-1)41-49-42(34)54-44-37-21-29-13-5-6-14-30(29)22-38(37)46(51-44)56-48-40-24-32-16-8-7-15-31(32)23-39(40)47(52-48)55-45-36-20-28-12-4-3-11-27(28)19-35(36)43(50-45)53-41;;;/h1-24H;2*1H;/q-2;;;+4/p-2. The Labute approximate surface area is 346 Å². The molecule has 0 spiro atoms. The van der Waals surface area contributed by atoms with Crippen molar-refractivity contribution in [3.05, 3.63) is 179 Å². The van der Waals surface area contributed by atoms with Crippen LogP contribution in [0, 0.1) is 0 Å². The first-order valence-electron chi connectivity index (χ1n) is 19.3. The molecule has 8 aromatic carbocycles. The second-order valence-electron chi connectivity index (χ2n) is 15.4. The molecule has 0 saturated heterocycles. The zero-order valence-electron chi connectivity index (χ0n) is 30.7. The van der Waals surface area contributed by atoms with Crippen LogP contribution in [0.1, 0.15) is 22.3 Å². The summed E-state index contributed by atoms with van der Waals surface area (Å²) in [7, 11) is 16.6. The summed E-state index contributed by atoms with van der Waals surface area (Å²) in [6.45, 7) is 0. The molecule has 0 saturated carbocycles. The molecular weight excluding hydrogens is 878 g/mol. The summed E-state index contributed by atoms with van der Waals surface area (Å²) in [6.07, 6.45) is 0. The van der Waals surface area contributed by atoms with Gasteiger partial charge in [-0.25, -0.2) is 0 Å². The number of rotatable bonds is 0. The van der Waals surface area contributed by atoms with Crippen LogP contribution in [-0.2, 0) is 0 Å². The van der Waals surface area contributed by atoms with E-state index in [9.17, 15) is 0 Å². The molecule has 10 aromatic rings. The average Bonchev–Trinajstić information content (AvgIpc) is 3.95. The van der Waals surface area contributed by atoms with Gasteiger partial charge in [0.15, 0.2) is 0 Å². The first-order valence-corrected chi connectivity index (χ1v) is 29.1. The second kappa shape index (κ2) is 11.4. The quantitative estimate of drug-likeness (QED) is 0.136. The normalized spacial score (nSPS) is 15.8. The van der Waals surface area contributed by atoms with Crippen molar-refractivity contribution >= 4 is 134 Å². The molecule has 11 heteroatoms. The van der Waals surface area contributed by atoms with E-state index in [0.29, 0.717) is 46.0 Å². The summed E-state index contributed by atoms with van der Waals surface area (Å²) >= 11 is -5.21. The molecule has 8 nitrogen and oxygen atoms in total. The Hall–Kier alpha value is -6.46. The molecule has 6 bridgehead atoms. The van der Waals surface area contributed by atoms with Crippen LogP contribution in [0.3, 0.4) is 0 Å². The van der Waals surface area contributed by atoms with Gasteiger partial charge in [0.2, 0.25) is 0 Å². The van der Waals surface area contributed by atoms with Crippen LogP contribution in [0.2, 0.25) is 0 Å². The molecule has 4 aliphatic rings. The van der Waals surface area contributed by atoms with Crippen LogP contribution < -0.4 is 11.0 Å². The first kappa shape index (κ1) is 32.5. The summed E-state index contributed by atoms with van der Waals surface area (Å²) in [6, 6.07) is 50.6. The Bertz CT molecular complexity index is 3700. The Kier molecular flexibility index (Phi) is 6.27. The molecule has 6 heterocycles. The maximum atomic E-state index is 8.28. The molecule has 0 unspecified atom stereocenters. The van der Waals surface area contributed by atoms with Crippen LogP contribution in [0.5, 0.6) is 0 Å².